The monoisotopic (exact) mass is 453 g/mol. The number of amides is 1. The van der Waals surface area contributed by atoms with Crippen molar-refractivity contribution < 1.29 is 13.6 Å². The van der Waals surface area contributed by atoms with Crippen LogP contribution in [0, 0.1) is 0 Å². The molecule has 164 valence electrons. The van der Waals surface area contributed by atoms with Gasteiger partial charge < -0.3 is 4.98 Å². The Labute approximate surface area is 187 Å². The van der Waals surface area contributed by atoms with Crippen molar-refractivity contribution in [2.24, 2.45) is 0 Å². The normalized spacial score (nSPS) is 14.5. The SMILES string of the molecule is O=C(Nc1nccs1)c1cccc2[nH]c(-c3ccc(CN4CCCC4)cc3C(F)F)nc12. The van der Waals surface area contributed by atoms with E-state index in [4.69, 9.17) is 0 Å². The second kappa shape index (κ2) is 8.76. The van der Waals surface area contributed by atoms with Crippen molar-refractivity contribution in [3.05, 3.63) is 64.7 Å². The van der Waals surface area contributed by atoms with Gasteiger partial charge in [0.1, 0.15) is 11.3 Å². The Kier molecular flexibility index (Phi) is 5.67. The molecule has 32 heavy (non-hydrogen) atoms. The van der Waals surface area contributed by atoms with E-state index in [-0.39, 0.29) is 11.5 Å². The zero-order valence-electron chi connectivity index (χ0n) is 17.1. The van der Waals surface area contributed by atoms with E-state index >= 15 is 0 Å². The first-order valence-corrected chi connectivity index (χ1v) is 11.3. The van der Waals surface area contributed by atoms with Gasteiger partial charge in [-0.2, -0.15) is 0 Å². The molecule has 1 fully saturated rings. The third-order valence-electron chi connectivity index (χ3n) is 5.62. The number of fused-ring (bicyclic) bond motifs is 1. The number of rotatable bonds is 6. The fourth-order valence-corrected chi connectivity index (χ4v) is 4.62. The minimum atomic E-state index is -2.63. The molecule has 9 heteroatoms. The molecule has 2 N–H and O–H groups in total. The van der Waals surface area contributed by atoms with Crippen LogP contribution in [-0.2, 0) is 6.54 Å². The number of thiazole rings is 1. The Bertz CT molecular complexity index is 1250. The molecular formula is C23H21F2N5OS. The van der Waals surface area contributed by atoms with Crippen molar-refractivity contribution in [3.63, 3.8) is 0 Å². The van der Waals surface area contributed by atoms with Gasteiger partial charge in [0.05, 0.1) is 11.1 Å². The van der Waals surface area contributed by atoms with E-state index in [0.717, 1.165) is 31.5 Å². The first-order chi connectivity index (χ1) is 15.6. The summed E-state index contributed by atoms with van der Waals surface area (Å²) < 4.78 is 27.9. The Hall–Kier alpha value is -3.17. The molecule has 0 unspecified atom stereocenters. The number of anilines is 1. The van der Waals surface area contributed by atoms with E-state index in [1.165, 1.54) is 11.3 Å². The Morgan fingerprint density at radius 1 is 1.22 bits per heavy atom. The summed E-state index contributed by atoms with van der Waals surface area (Å²) in [6, 6.07) is 10.3. The van der Waals surface area contributed by atoms with E-state index in [1.54, 1.807) is 41.9 Å². The van der Waals surface area contributed by atoms with Crippen molar-refractivity contribution in [2.45, 2.75) is 25.8 Å². The standard InChI is InChI=1S/C23H21F2N5OS/c24-20(25)17-12-14(13-30-9-1-2-10-30)6-7-15(17)21-27-18-5-3-4-16(19(18)28-21)22(31)29-23-26-8-11-32-23/h3-8,11-12,20H,1-2,9-10,13H2,(H,27,28)(H,26,29,31). The molecule has 1 aliphatic heterocycles. The zero-order valence-corrected chi connectivity index (χ0v) is 18.0. The molecule has 1 saturated heterocycles. The number of hydrogen-bond acceptors (Lipinski definition) is 5. The van der Waals surface area contributed by atoms with E-state index < -0.39 is 6.43 Å². The van der Waals surface area contributed by atoms with E-state index in [0.29, 0.717) is 39.7 Å². The maximum absolute atomic E-state index is 14.0. The van der Waals surface area contributed by atoms with Crippen molar-refractivity contribution >= 4 is 33.4 Å². The summed E-state index contributed by atoms with van der Waals surface area (Å²) in [5.74, 6) is -0.0313. The fourth-order valence-electron chi connectivity index (χ4n) is 4.10. The molecule has 0 atom stereocenters. The summed E-state index contributed by atoms with van der Waals surface area (Å²) in [5, 5.41) is 4.99. The third kappa shape index (κ3) is 4.13. The van der Waals surface area contributed by atoms with Gasteiger partial charge in [-0.3, -0.25) is 15.0 Å². The van der Waals surface area contributed by atoms with Crippen LogP contribution in [0.25, 0.3) is 22.4 Å². The van der Waals surface area contributed by atoms with Gasteiger partial charge in [0.15, 0.2) is 5.13 Å². The Morgan fingerprint density at radius 3 is 2.81 bits per heavy atom. The number of carbonyl (C=O) groups is 1. The number of aromatic nitrogens is 3. The molecule has 0 bridgehead atoms. The number of benzene rings is 2. The molecule has 1 amide bonds. The van der Waals surface area contributed by atoms with Gasteiger partial charge in [0, 0.05) is 29.2 Å². The maximum atomic E-state index is 14.0. The van der Waals surface area contributed by atoms with Gasteiger partial charge in [0.2, 0.25) is 0 Å². The molecule has 6 nitrogen and oxygen atoms in total. The lowest BCUT2D eigenvalue weighted by Gasteiger charge is -2.16. The van der Waals surface area contributed by atoms with Crippen LogP contribution in [0.1, 0.15) is 40.8 Å². The fraction of sp³-hybridized carbons (Fsp3) is 0.261. The molecule has 2 aromatic heterocycles. The number of nitrogens with one attached hydrogen (secondary N) is 2. The molecular weight excluding hydrogens is 432 g/mol. The number of nitrogens with zero attached hydrogens (tertiary/aromatic N) is 3. The topological polar surface area (TPSA) is 73.9 Å². The van der Waals surface area contributed by atoms with Gasteiger partial charge in [-0.25, -0.2) is 18.7 Å². The molecule has 0 saturated carbocycles. The third-order valence-corrected chi connectivity index (χ3v) is 6.31. The molecule has 1 aliphatic rings. The van der Waals surface area contributed by atoms with Crippen molar-refractivity contribution in [3.8, 4) is 11.4 Å². The number of imidazole rings is 1. The smallest absolute Gasteiger partial charge is 0.264 e. The first kappa shape index (κ1) is 20.7. The van der Waals surface area contributed by atoms with Crippen LogP contribution >= 0.6 is 11.3 Å². The van der Waals surface area contributed by atoms with Gasteiger partial charge in [-0.1, -0.05) is 18.2 Å². The summed E-state index contributed by atoms with van der Waals surface area (Å²) in [5.41, 5.74) is 2.53. The van der Waals surface area contributed by atoms with E-state index in [9.17, 15) is 13.6 Å². The average molecular weight is 454 g/mol. The minimum Gasteiger partial charge on any atom is -0.338 e. The lowest BCUT2D eigenvalue weighted by molar-refractivity contribution is 0.102. The van der Waals surface area contributed by atoms with Gasteiger partial charge >= 0.3 is 0 Å². The highest BCUT2D eigenvalue weighted by atomic mass is 32.1. The largest absolute Gasteiger partial charge is 0.338 e. The Balaban J connectivity index is 1.49. The highest BCUT2D eigenvalue weighted by Crippen LogP contribution is 2.33. The van der Waals surface area contributed by atoms with Crippen molar-refractivity contribution in [2.75, 3.05) is 18.4 Å². The number of hydrogen-bond donors (Lipinski definition) is 2. The lowest BCUT2D eigenvalue weighted by Crippen LogP contribution is -2.18. The summed E-state index contributed by atoms with van der Waals surface area (Å²) >= 11 is 1.31. The van der Waals surface area contributed by atoms with Crippen molar-refractivity contribution in [1.82, 2.24) is 19.9 Å². The molecule has 0 spiro atoms. The number of H-pyrrole nitrogens is 1. The molecule has 0 aliphatic carbocycles. The van der Waals surface area contributed by atoms with Crippen LogP contribution in [0.3, 0.4) is 0 Å². The summed E-state index contributed by atoms with van der Waals surface area (Å²) in [7, 11) is 0. The molecule has 3 heterocycles. The quantitative estimate of drug-likeness (QED) is 0.406. The summed E-state index contributed by atoms with van der Waals surface area (Å²) in [6.45, 7) is 2.67. The van der Waals surface area contributed by atoms with Gasteiger partial charge in [0.25, 0.3) is 12.3 Å². The summed E-state index contributed by atoms with van der Waals surface area (Å²) in [4.78, 5) is 26.7. The van der Waals surface area contributed by atoms with Crippen LogP contribution < -0.4 is 5.32 Å². The highest BCUT2D eigenvalue weighted by Gasteiger charge is 2.21. The number of likely N-dealkylation sites (tertiary alicyclic amines) is 1. The predicted molar refractivity (Wildman–Crippen MR) is 121 cm³/mol. The Morgan fingerprint density at radius 2 is 2.06 bits per heavy atom. The van der Waals surface area contributed by atoms with Crippen LogP contribution in [-0.4, -0.2) is 38.8 Å². The molecule has 5 rings (SSSR count). The number of alkyl halides is 2. The van der Waals surface area contributed by atoms with Gasteiger partial charge in [-0.05, 0) is 49.7 Å². The van der Waals surface area contributed by atoms with Crippen LogP contribution in [0.15, 0.2) is 48.0 Å². The number of para-hydroxylation sites is 1. The molecule has 0 radical (unpaired) electrons. The van der Waals surface area contributed by atoms with Crippen molar-refractivity contribution in [1.29, 1.82) is 0 Å². The molecule has 2 aromatic carbocycles. The maximum Gasteiger partial charge on any atom is 0.264 e. The van der Waals surface area contributed by atoms with E-state index in [1.807, 2.05) is 6.07 Å². The van der Waals surface area contributed by atoms with Crippen LogP contribution in [0.5, 0.6) is 0 Å². The highest BCUT2D eigenvalue weighted by molar-refractivity contribution is 7.13. The number of carbonyl (C=O) groups excluding carboxylic acids is 1. The first-order valence-electron chi connectivity index (χ1n) is 10.4. The minimum absolute atomic E-state index is 0.0606. The second-order valence-electron chi connectivity index (χ2n) is 7.78. The zero-order chi connectivity index (χ0) is 22.1. The lowest BCUT2D eigenvalue weighted by atomic mass is 10.0. The van der Waals surface area contributed by atoms with Crippen LogP contribution in [0.4, 0.5) is 13.9 Å². The summed E-state index contributed by atoms with van der Waals surface area (Å²) in [6.07, 6.45) is 1.27. The second-order valence-corrected chi connectivity index (χ2v) is 8.68. The number of aromatic amines is 1. The van der Waals surface area contributed by atoms with Crippen LogP contribution in [0.2, 0.25) is 0 Å². The van der Waals surface area contributed by atoms with E-state index in [2.05, 4.69) is 25.2 Å². The predicted octanol–water partition coefficient (Wildman–Crippen LogP) is 5.47. The average Bonchev–Trinajstić information content (AvgIpc) is 3.55. The molecule has 4 aromatic rings. The number of halogens is 2. The van der Waals surface area contributed by atoms with Gasteiger partial charge in [-0.15, -0.1) is 11.3 Å².